The van der Waals surface area contributed by atoms with Crippen LogP contribution in [0.4, 0.5) is 10.2 Å². The van der Waals surface area contributed by atoms with Crippen molar-refractivity contribution in [3.8, 4) is 0 Å². The zero-order chi connectivity index (χ0) is 14.0. The quantitative estimate of drug-likeness (QED) is 0.913. The van der Waals surface area contributed by atoms with Gasteiger partial charge in [0.15, 0.2) is 0 Å². The zero-order valence-corrected chi connectivity index (χ0v) is 11.6. The van der Waals surface area contributed by atoms with Gasteiger partial charge in [-0.3, -0.25) is 0 Å². The summed E-state index contributed by atoms with van der Waals surface area (Å²) in [6.07, 6.45) is 1.45. The molecule has 0 aliphatic heterocycles. The largest absolute Gasteiger partial charge is 0.383 e. The second-order valence-corrected chi connectivity index (χ2v) is 4.89. The summed E-state index contributed by atoms with van der Waals surface area (Å²) >= 11 is 11.8. The van der Waals surface area contributed by atoms with E-state index in [9.17, 15) is 4.39 Å². The molecule has 0 spiro atoms. The molecule has 0 amide bonds. The molecule has 100 valence electrons. The number of hydrogen-bond donors (Lipinski definition) is 2. The van der Waals surface area contributed by atoms with Crippen LogP contribution in [0.5, 0.6) is 0 Å². The van der Waals surface area contributed by atoms with Crippen LogP contribution in [0, 0.1) is 5.82 Å². The lowest BCUT2D eigenvalue weighted by Crippen LogP contribution is -2.20. The second kappa shape index (κ2) is 5.74. The summed E-state index contributed by atoms with van der Waals surface area (Å²) in [7, 11) is 1.70. The number of rotatable bonds is 3. The van der Waals surface area contributed by atoms with Gasteiger partial charge < -0.3 is 11.1 Å². The minimum absolute atomic E-state index is 0.295. The molecule has 0 aliphatic rings. The summed E-state index contributed by atoms with van der Waals surface area (Å²) in [5.74, 6) is -0.0775. The van der Waals surface area contributed by atoms with E-state index in [1.54, 1.807) is 19.2 Å². The standard InChI is InChI=1S/C13H12Cl2FN3/c1-18-12(9-4-7(14)2-3-11(9)16)10-5-8(15)6-19-13(10)17/h2-6,12,18H,1H3,(H2,17,19). The number of nitrogens with zero attached hydrogens (tertiary/aromatic N) is 1. The minimum Gasteiger partial charge on any atom is -0.383 e. The first kappa shape index (κ1) is 14.1. The van der Waals surface area contributed by atoms with Crippen LogP contribution < -0.4 is 11.1 Å². The minimum atomic E-state index is -0.468. The summed E-state index contributed by atoms with van der Waals surface area (Å²) in [4.78, 5) is 3.98. The van der Waals surface area contributed by atoms with Crippen molar-refractivity contribution in [2.24, 2.45) is 0 Å². The van der Waals surface area contributed by atoms with Gasteiger partial charge in [-0.2, -0.15) is 0 Å². The van der Waals surface area contributed by atoms with Crippen molar-refractivity contribution >= 4 is 29.0 Å². The molecule has 0 bridgehead atoms. The molecule has 1 aromatic heterocycles. The van der Waals surface area contributed by atoms with E-state index in [2.05, 4.69) is 10.3 Å². The van der Waals surface area contributed by atoms with Crippen LogP contribution in [-0.4, -0.2) is 12.0 Å². The summed E-state index contributed by atoms with van der Waals surface area (Å²) in [6, 6.07) is 5.55. The van der Waals surface area contributed by atoms with Crippen LogP contribution in [0.25, 0.3) is 0 Å². The fourth-order valence-electron chi connectivity index (χ4n) is 1.91. The molecule has 19 heavy (non-hydrogen) atoms. The smallest absolute Gasteiger partial charge is 0.128 e. The van der Waals surface area contributed by atoms with E-state index in [-0.39, 0.29) is 5.82 Å². The van der Waals surface area contributed by atoms with Crippen LogP contribution >= 0.6 is 23.2 Å². The lowest BCUT2D eigenvalue weighted by molar-refractivity contribution is 0.576. The Labute approximate surface area is 120 Å². The van der Waals surface area contributed by atoms with E-state index in [0.717, 1.165) is 0 Å². The van der Waals surface area contributed by atoms with Crippen LogP contribution in [0.3, 0.4) is 0 Å². The van der Waals surface area contributed by atoms with Gasteiger partial charge in [0.2, 0.25) is 0 Å². The van der Waals surface area contributed by atoms with Crippen LogP contribution in [-0.2, 0) is 0 Å². The van der Waals surface area contributed by atoms with Gasteiger partial charge >= 0.3 is 0 Å². The number of nitrogens with two attached hydrogens (primary N) is 1. The Bertz CT molecular complexity index is 553. The maximum atomic E-state index is 13.9. The first-order chi connectivity index (χ1) is 9.02. The highest BCUT2D eigenvalue weighted by atomic mass is 35.5. The molecule has 1 unspecified atom stereocenters. The maximum Gasteiger partial charge on any atom is 0.128 e. The summed E-state index contributed by atoms with van der Waals surface area (Å²) < 4.78 is 13.9. The van der Waals surface area contributed by atoms with Crippen LogP contribution in [0.1, 0.15) is 17.2 Å². The predicted molar refractivity (Wildman–Crippen MR) is 76.0 cm³/mol. The highest BCUT2D eigenvalue weighted by Gasteiger charge is 2.20. The molecular weight excluding hydrogens is 288 g/mol. The lowest BCUT2D eigenvalue weighted by atomic mass is 9.99. The number of benzene rings is 1. The first-order valence-electron chi connectivity index (χ1n) is 5.56. The molecule has 0 fully saturated rings. The molecular formula is C13H12Cl2FN3. The zero-order valence-electron chi connectivity index (χ0n) is 10.1. The number of aromatic nitrogens is 1. The summed E-state index contributed by atoms with van der Waals surface area (Å²) in [5, 5.41) is 3.88. The molecule has 1 atom stereocenters. The summed E-state index contributed by atoms with van der Waals surface area (Å²) in [5.41, 5.74) is 6.83. The van der Waals surface area contributed by atoms with Gasteiger partial charge in [0.1, 0.15) is 11.6 Å². The third-order valence-electron chi connectivity index (χ3n) is 2.78. The second-order valence-electron chi connectivity index (χ2n) is 4.02. The van der Waals surface area contributed by atoms with Crippen molar-refractivity contribution in [3.05, 3.63) is 57.5 Å². The summed E-state index contributed by atoms with van der Waals surface area (Å²) in [6.45, 7) is 0. The molecule has 0 aliphatic carbocycles. The van der Waals surface area contributed by atoms with E-state index >= 15 is 0 Å². The molecule has 0 saturated heterocycles. The Morgan fingerprint density at radius 1 is 1.21 bits per heavy atom. The number of anilines is 1. The third-order valence-corrected chi connectivity index (χ3v) is 3.23. The number of hydrogen-bond acceptors (Lipinski definition) is 3. The molecule has 0 radical (unpaired) electrons. The topological polar surface area (TPSA) is 50.9 Å². The first-order valence-corrected chi connectivity index (χ1v) is 6.31. The van der Waals surface area contributed by atoms with Gasteiger partial charge in [-0.05, 0) is 31.3 Å². The normalized spacial score (nSPS) is 12.4. The number of nitrogen functional groups attached to an aromatic ring is 1. The Kier molecular flexibility index (Phi) is 4.24. The maximum absolute atomic E-state index is 13.9. The van der Waals surface area contributed by atoms with Gasteiger partial charge in [0.05, 0.1) is 11.1 Å². The lowest BCUT2D eigenvalue weighted by Gasteiger charge is -2.19. The van der Waals surface area contributed by atoms with Crippen molar-refractivity contribution in [2.45, 2.75) is 6.04 Å². The van der Waals surface area contributed by atoms with E-state index < -0.39 is 6.04 Å². The fraction of sp³-hybridized carbons (Fsp3) is 0.154. The van der Waals surface area contributed by atoms with Crippen LogP contribution in [0.2, 0.25) is 10.0 Å². The van der Waals surface area contributed by atoms with Gasteiger partial charge in [0, 0.05) is 22.3 Å². The highest BCUT2D eigenvalue weighted by molar-refractivity contribution is 6.31. The van der Waals surface area contributed by atoms with Crippen molar-refractivity contribution < 1.29 is 4.39 Å². The molecule has 2 rings (SSSR count). The van der Waals surface area contributed by atoms with Gasteiger partial charge in [-0.15, -0.1) is 0 Å². The monoisotopic (exact) mass is 299 g/mol. The van der Waals surface area contributed by atoms with Crippen molar-refractivity contribution in [1.29, 1.82) is 0 Å². The Morgan fingerprint density at radius 2 is 1.89 bits per heavy atom. The van der Waals surface area contributed by atoms with E-state index in [1.807, 2.05) is 0 Å². The average Bonchev–Trinajstić information content (AvgIpc) is 2.38. The number of halogens is 3. The van der Waals surface area contributed by atoms with E-state index in [0.29, 0.717) is 27.0 Å². The van der Waals surface area contributed by atoms with Crippen molar-refractivity contribution in [1.82, 2.24) is 10.3 Å². The number of pyridine rings is 1. The third kappa shape index (κ3) is 2.97. The molecule has 1 aromatic carbocycles. The highest BCUT2D eigenvalue weighted by Crippen LogP contribution is 2.30. The Hall–Kier alpha value is -1.36. The fourth-order valence-corrected chi connectivity index (χ4v) is 2.26. The van der Waals surface area contributed by atoms with Gasteiger partial charge in [-0.25, -0.2) is 9.37 Å². The van der Waals surface area contributed by atoms with E-state index in [4.69, 9.17) is 28.9 Å². The predicted octanol–water partition coefficient (Wildman–Crippen LogP) is 3.42. The SMILES string of the molecule is CNC(c1cc(Cl)ccc1F)c1cc(Cl)cnc1N. The molecule has 1 heterocycles. The Morgan fingerprint density at radius 3 is 2.58 bits per heavy atom. The van der Waals surface area contributed by atoms with Gasteiger partial charge in [-0.1, -0.05) is 23.2 Å². The van der Waals surface area contributed by atoms with Crippen molar-refractivity contribution in [2.75, 3.05) is 12.8 Å². The van der Waals surface area contributed by atoms with Crippen LogP contribution in [0.15, 0.2) is 30.5 Å². The van der Waals surface area contributed by atoms with Crippen molar-refractivity contribution in [3.63, 3.8) is 0 Å². The molecule has 3 nitrogen and oxygen atoms in total. The Balaban J connectivity index is 2.55. The molecule has 2 aromatic rings. The number of nitrogens with one attached hydrogen (secondary N) is 1. The molecule has 3 N–H and O–H groups in total. The van der Waals surface area contributed by atoms with E-state index in [1.165, 1.54) is 18.3 Å². The van der Waals surface area contributed by atoms with Gasteiger partial charge in [0.25, 0.3) is 0 Å². The average molecular weight is 300 g/mol. The molecule has 0 saturated carbocycles. The molecule has 6 heteroatoms.